The van der Waals surface area contributed by atoms with Gasteiger partial charge in [-0.2, -0.15) is 0 Å². The fraction of sp³-hybridized carbons (Fsp3) is 0.684. The first-order valence-electron chi connectivity index (χ1n) is 9.00. The van der Waals surface area contributed by atoms with Crippen molar-refractivity contribution in [1.82, 2.24) is 10.2 Å². The van der Waals surface area contributed by atoms with Gasteiger partial charge in [-0.1, -0.05) is 18.6 Å². The molecule has 1 fully saturated rings. The second-order valence-electron chi connectivity index (χ2n) is 7.12. The maximum absolute atomic E-state index is 3.83. The molecule has 0 spiro atoms. The summed E-state index contributed by atoms with van der Waals surface area (Å²) in [6.07, 6.45) is 10.8. The van der Waals surface area contributed by atoms with E-state index in [0.29, 0.717) is 6.04 Å². The minimum Gasteiger partial charge on any atom is -0.309 e. The second-order valence-corrected chi connectivity index (χ2v) is 7.12. The Bertz CT molecular complexity index is 503. The zero-order valence-electron chi connectivity index (χ0n) is 13.2. The Morgan fingerprint density at radius 3 is 2.57 bits per heavy atom. The molecule has 1 unspecified atom stereocenters. The summed E-state index contributed by atoms with van der Waals surface area (Å²) >= 11 is 0. The van der Waals surface area contributed by atoms with Crippen molar-refractivity contribution in [2.45, 2.75) is 57.4 Å². The van der Waals surface area contributed by atoms with Gasteiger partial charge >= 0.3 is 0 Å². The molecule has 4 rings (SSSR count). The number of likely N-dealkylation sites (tertiary alicyclic amines) is 1. The van der Waals surface area contributed by atoms with Gasteiger partial charge in [0.05, 0.1) is 0 Å². The van der Waals surface area contributed by atoms with E-state index in [4.69, 9.17) is 0 Å². The number of benzene rings is 1. The predicted molar refractivity (Wildman–Crippen MR) is 87.8 cm³/mol. The lowest BCUT2D eigenvalue weighted by atomic mass is 10.0. The van der Waals surface area contributed by atoms with Crippen molar-refractivity contribution >= 4 is 0 Å². The summed E-state index contributed by atoms with van der Waals surface area (Å²) in [5, 5.41) is 3.83. The van der Waals surface area contributed by atoms with Gasteiger partial charge < -0.3 is 10.2 Å². The van der Waals surface area contributed by atoms with E-state index in [-0.39, 0.29) is 0 Å². The molecule has 1 heterocycles. The van der Waals surface area contributed by atoms with E-state index in [1.807, 2.05) is 0 Å². The first-order chi connectivity index (χ1) is 10.4. The van der Waals surface area contributed by atoms with Crippen molar-refractivity contribution < 1.29 is 0 Å². The molecule has 0 bridgehead atoms. The molecule has 0 amide bonds. The zero-order valence-corrected chi connectivity index (χ0v) is 13.2. The van der Waals surface area contributed by atoms with Crippen LogP contribution >= 0.6 is 0 Å². The van der Waals surface area contributed by atoms with Gasteiger partial charge in [-0.3, -0.25) is 0 Å². The van der Waals surface area contributed by atoms with Crippen LogP contribution in [0, 0.1) is 0 Å². The SMILES string of the molecule is c1c2c(cc3c1CCC3NCCN1CCCCC1)CCC2. The van der Waals surface area contributed by atoms with Gasteiger partial charge in [0.1, 0.15) is 0 Å². The maximum atomic E-state index is 3.83. The fourth-order valence-corrected chi connectivity index (χ4v) is 4.48. The van der Waals surface area contributed by atoms with E-state index in [1.54, 1.807) is 22.3 Å². The van der Waals surface area contributed by atoms with Crippen molar-refractivity contribution in [1.29, 1.82) is 0 Å². The number of aryl methyl sites for hydroxylation is 3. The Morgan fingerprint density at radius 2 is 1.71 bits per heavy atom. The molecule has 0 aromatic heterocycles. The van der Waals surface area contributed by atoms with E-state index in [2.05, 4.69) is 22.3 Å². The third-order valence-corrected chi connectivity index (χ3v) is 5.70. The number of rotatable bonds is 4. The third kappa shape index (κ3) is 2.89. The second kappa shape index (κ2) is 6.10. The van der Waals surface area contributed by atoms with Crippen LogP contribution in [0.2, 0.25) is 0 Å². The van der Waals surface area contributed by atoms with Crippen LogP contribution in [0.5, 0.6) is 0 Å². The summed E-state index contributed by atoms with van der Waals surface area (Å²) in [4.78, 5) is 2.63. The Labute approximate surface area is 128 Å². The van der Waals surface area contributed by atoms with Crippen molar-refractivity contribution in [2.24, 2.45) is 0 Å². The predicted octanol–water partition coefficient (Wildman–Crippen LogP) is 3.24. The van der Waals surface area contributed by atoms with E-state index in [1.165, 1.54) is 71.0 Å². The minimum atomic E-state index is 0.621. The molecular formula is C19H28N2. The molecule has 0 radical (unpaired) electrons. The molecular weight excluding hydrogens is 256 g/mol. The normalized spacial score (nSPS) is 25.0. The molecule has 1 atom stereocenters. The van der Waals surface area contributed by atoms with Crippen LogP contribution in [0.3, 0.4) is 0 Å². The van der Waals surface area contributed by atoms with Crippen LogP contribution in [0.1, 0.15) is 60.4 Å². The lowest BCUT2D eigenvalue weighted by molar-refractivity contribution is 0.226. The smallest absolute Gasteiger partial charge is 0.0326 e. The Hall–Kier alpha value is -0.860. The van der Waals surface area contributed by atoms with Crippen LogP contribution in [0.4, 0.5) is 0 Å². The summed E-state index contributed by atoms with van der Waals surface area (Å²) in [6, 6.07) is 5.67. The average molecular weight is 284 g/mol. The first-order valence-corrected chi connectivity index (χ1v) is 9.00. The molecule has 1 aromatic carbocycles. The highest BCUT2D eigenvalue weighted by Crippen LogP contribution is 2.35. The Morgan fingerprint density at radius 1 is 0.905 bits per heavy atom. The summed E-state index contributed by atoms with van der Waals surface area (Å²) in [7, 11) is 0. The summed E-state index contributed by atoms with van der Waals surface area (Å²) < 4.78 is 0. The number of hydrogen-bond donors (Lipinski definition) is 1. The molecule has 2 nitrogen and oxygen atoms in total. The van der Waals surface area contributed by atoms with Crippen molar-refractivity contribution in [2.75, 3.05) is 26.2 Å². The average Bonchev–Trinajstić information content (AvgIpc) is 3.13. The number of hydrogen-bond acceptors (Lipinski definition) is 2. The maximum Gasteiger partial charge on any atom is 0.0326 e. The number of nitrogens with zero attached hydrogens (tertiary/aromatic N) is 1. The van der Waals surface area contributed by atoms with Crippen LogP contribution in [0.25, 0.3) is 0 Å². The van der Waals surface area contributed by atoms with Crippen LogP contribution in [-0.2, 0) is 19.3 Å². The lowest BCUT2D eigenvalue weighted by Crippen LogP contribution is -2.36. The highest BCUT2D eigenvalue weighted by Gasteiger charge is 2.25. The number of fused-ring (bicyclic) bond motifs is 2. The highest BCUT2D eigenvalue weighted by atomic mass is 15.1. The fourth-order valence-electron chi connectivity index (χ4n) is 4.48. The third-order valence-electron chi connectivity index (χ3n) is 5.70. The van der Waals surface area contributed by atoms with Crippen molar-refractivity contribution in [3.63, 3.8) is 0 Å². The van der Waals surface area contributed by atoms with Gasteiger partial charge in [0, 0.05) is 19.1 Å². The van der Waals surface area contributed by atoms with Crippen molar-refractivity contribution in [3.8, 4) is 0 Å². The Kier molecular flexibility index (Phi) is 4.00. The molecule has 2 aliphatic carbocycles. The molecule has 1 saturated heterocycles. The van der Waals surface area contributed by atoms with Gasteiger partial charge in [-0.05, 0) is 80.3 Å². The van der Waals surface area contributed by atoms with Gasteiger partial charge in [0.2, 0.25) is 0 Å². The van der Waals surface area contributed by atoms with Crippen LogP contribution in [-0.4, -0.2) is 31.1 Å². The molecule has 1 N–H and O–H groups in total. The summed E-state index contributed by atoms with van der Waals surface area (Å²) in [5.74, 6) is 0. The molecule has 2 heteroatoms. The van der Waals surface area contributed by atoms with E-state index in [0.717, 1.165) is 6.54 Å². The molecule has 114 valence electrons. The standard InChI is InChI=1S/C19H28N2/c1-2-10-21(11-3-1)12-9-20-19-8-7-17-13-15-5-4-6-16(15)14-18(17)19/h13-14,19-20H,1-12H2. The van der Waals surface area contributed by atoms with E-state index >= 15 is 0 Å². The van der Waals surface area contributed by atoms with Gasteiger partial charge in [-0.25, -0.2) is 0 Å². The van der Waals surface area contributed by atoms with Crippen molar-refractivity contribution in [3.05, 3.63) is 34.4 Å². The quantitative estimate of drug-likeness (QED) is 0.913. The molecule has 3 aliphatic rings. The lowest BCUT2D eigenvalue weighted by Gasteiger charge is -2.27. The van der Waals surface area contributed by atoms with E-state index < -0.39 is 0 Å². The molecule has 1 aliphatic heterocycles. The minimum absolute atomic E-state index is 0.621. The summed E-state index contributed by atoms with van der Waals surface area (Å²) in [6.45, 7) is 5.02. The molecule has 1 aromatic rings. The van der Waals surface area contributed by atoms with Gasteiger partial charge in [0.25, 0.3) is 0 Å². The largest absolute Gasteiger partial charge is 0.309 e. The zero-order chi connectivity index (χ0) is 14.1. The number of nitrogens with one attached hydrogen (secondary N) is 1. The molecule has 21 heavy (non-hydrogen) atoms. The summed E-state index contributed by atoms with van der Waals surface area (Å²) in [5.41, 5.74) is 6.53. The Balaban J connectivity index is 1.35. The van der Waals surface area contributed by atoms with E-state index in [9.17, 15) is 0 Å². The highest BCUT2D eigenvalue weighted by molar-refractivity contribution is 5.44. The monoisotopic (exact) mass is 284 g/mol. The van der Waals surface area contributed by atoms with Crippen LogP contribution in [0.15, 0.2) is 12.1 Å². The number of piperidine rings is 1. The van der Waals surface area contributed by atoms with Gasteiger partial charge in [0.15, 0.2) is 0 Å². The van der Waals surface area contributed by atoms with Gasteiger partial charge in [-0.15, -0.1) is 0 Å². The molecule has 0 saturated carbocycles. The van der Waals surface area contributed by atoms with Crippen LogP contribution < -0.4 is 5.32 Å². The topological polar surface area (TPSA) is 15.3 Å². The first kappa shape index (κ1) is 13.8.